The second-order valence-electron chi connectivity index (χ2n) is 6.59. The Bertz CT molecular complexity index is 471. The van der Waals surface area contributed by atoms with E-state index in [1.807, 2.05) is 12.1 Å². The molecular weight excluding hydrogens is 324 g/mol. The molecule has 0 spiro atoms. The Morgan fingerprint density at radius 2 is 1.79 bits per heavy atom. The van der Waals surface area contributed by atoms with E-state index in [0.29, 0.717) is 18.5 Å². The first-order chi connectivity index (χ1) is 11.2. The van der Waals surface area contributed by atoms with Crippen LogP contribution in [-0.4, -0.2) is 25.1 Å². The maximum absolute atomic E-state index is 11.9. The third-order valence-corrected chi connectivity index (χ3v) is 4.67. The smallest absolute Gasteiger partial charge is 0.220 e. The first-order valence-corrected chi connectivity index (χ1v) is 8.85. The lowest BCUT2D eigenvalue weighted by atomic mass is 9.92. The Balaban J connectivity index is 0.00000288. The molecule has 0 aliphatic heterocycles. The van der Waals surface area contributed by atoms with E-state index in [2.05, 4.69) is 17.4 Å². The normalized spacial score (nSPS) is 20.1. The van der Waals surface area contributed by atoms with Crippen molar-refractivity contribution in [1.29, 1.82) is 0 Å². The molecule has 5 heteroatoms. The highest BCUT2D eigenvalue weighted by molar-refractivity contribution is 5.85. The zero-order valence-electron chi connectivity index (χ0n) is 14.6. The molecule has 1 aliphatic rings. The number of methoxy groups -OCH3 is 1. The zero-order chi connectivity index (χ0) is 16.5. The number of unbranched alkanes of at least 4 members (excludes halogenated alkanes) is 2. The van der Waals surface area contributed by atoms with E-state index in [0.717, 1.165) is 57.1 Å². The fraction of sp³-hybridized carbons (Fsp3) is 0.632. The van der Waals surface area contributed by atoms with Gasteiger partial charge in [0.2, 0.25) is 5.91 Å². The van der Waals surface area contributed by atoms with Crippen LogP contribution >= 0.6 is 12.4 Å². The monoisotopic (exact) mass is 354 g/mol. The Kier molecular flexibility index (Phi) is 9.80. The number of hydrogen-bond acceptors (Lipinski definition) is 3. The molecule has 0 radical (unpaired) electrons. The van der Waals surface area contributed by atoms with Gasteiger partial charge in [0, 0.05) is 18.5 Å². The minimum Gasteiger partial charge on any atom is -0.497 e. The fourth-order valence-corrected chi connectivity index (χ4v) is 3.15. The average Bonchev–Trinajstić information content (AvgIpc) is 2.57. The van der Waals surface area contributed by atoms with Gasteiger partial charge >= 0.3 is 0 Å². The minimum absolute atomic E-state index is 0. The molecule has 3 N–H and O–H groups in total. The summed E-state index contributed by atoms with van der Waals surface area (Å²) in [6.45, 7) is 0. The third-order valence-electron chi connectivity index (χ3n) is 4.67. The van der Waals surface area contributed by atoms with Crippen LogP contribution < -0.4 is 15.8 Å². The van der Waals surface area contributed by atoms with Gasteiger partial charge in [0.1, 0.15) is 5.75 Å². The molecule has 136 valence electrons. The molecule has 1 saturated carbocycles. The lowest BCUT2D eigenvalue weighted by Gasteiger charge is -2.26. The van der Waals surface area contributed by atoms with Gasteiger partial charge in [-0.1, -0.05) is 18.6 Å². The van der Waals surface area contributed by atoms with Crippen LogP contribution in [0.1, 0.15) is 56.9 Å². The molecule has 0 atom stereocenters. The predicted molar refractivity (Wildman–Crippen MR) is 101 cm³/mol. The van der Waals surface area contributed by atoms with Crippen molar-refractivity contribution < 1.29 is 9.53 Å². The SMILES string of the molecule is COc1ccc(CCCCCC(=O)NC2CCC(N)CC2)cc1.Cl. The molecular formula is C19H31ClN2O2. The summed E-state index contributed by atoms with van der Waals surface area (Å²) in [5.74, 6) is 1.10. The predicted octanol–water partition coefficient (Wildman–Crippen LogP) is 3.61. The lowest BCUT2D eigenvalue weighted by Crippen LogP contribution is -2.40. The van der Waals surface area contributed by atoms with Gasteiger partial charge in [-0.15, -0.1) is 12.4 Å². The molecule has 0 aromatic heterocycles. The number of benzene rings is 1. The first kappa shape index (κ1) is 20.8. The van der Waals surface area contributed by atoms with Gasteiger partial charge in [0.05, 0.1) is 7.11 Å². The van der Waals surface area contributed by atoms with Crippen LogP contribution in [0.3, 0.4) is 0 Å². The largest absolute Gasteiger partial charge is 0.497 e. The van der Waals surface area contributed by atoms with Crippen molar-refractivity contribution in [1.82, 2.24) is 5.32 Å². The molecule has 1 amide bonds. The van der Waals surface area contributed by atoms with E-state index in [1.165, 1.54) is 5.56 Å². The van der Waals surface area contributed by atoms with Crippen molar-refractivity contribution >= 4 is 18.3 Å². The van der Waals surface area contributed by atoms with Gasteiger partial charge in [-0.3, -0.25) is 4.79 Å². The molecule has 1 aliphatic carbocycles. The highest BCUT2D eigenvalue weighted by Gasteiger charge is 2.19. The van der Waals surface area contributed by atoms with E-state index in [1.54, 1.807) is 7.11 Å². The lowest BCUT2D eigenvalue weighted by molar-refractivity contribution is -0.122. The number of carbonyl (C=O) groups is 1. The van der Waals surface area contributed by atoms with Gasteiger partial charge in [0.25, 0.3) is 0 Å². The van der Waals surface area contributed by atoms with Crippen molar-refractivity contribution in [3.8, 4) is 5.75 Å². The molecule has 1 fully saturated rings. The molecule has 4 nitrogen and oxygen atoms in total. The van der Waals surface area contributed by atoms with Crippen LogP contribution in [0.5, 0.6) is 5.75 Å². The Hall–Kier alpha value is -1.26. The van der Waals surface area contributed by atoms with E-state index in [4.69, 9.17) is 10.5 Å². The molecule has 0 unspecified atom stereocenters. The van der Waals surface area contributed by atoms with Gasteiger partial charge in [0.15, 0.2) is 0 Å². The number of nitrogens with two attached hydrogens (primary N) is 1. The highest BCUT2D eigenvalue weighted by Crippen LogP contribution is 2.17. The van der Waals surface area contributed by atoms with E-state index < -0.39 is 0 Å². The van der Waals surface area contributed by atoms with Crippen LogP contribution in [0, 0.1) is 0 Å². The number of aryl methyl sites for hydroxylation is 1. The van der Waals surface area contributed by atoms with Gasteiger partial charge in [-0.05, 0) is 62.6 Å². The second-order valence-corrected chi connectivity index (χ2v) is 6.59. The standard InChI is InChI=1S/C19H30N2O2.ClH/c1-23-18-13-7-15(8-14-18)5-3-2-4-6-19(22)21-17-11-9-16(20)10-12-17;/h7-8,13-14,16-17H,2-6,9-12,20H2,1H3,(H,21,22);1H. The van der Waals surface area contributed by atoms with Crippen molar-refractivity contribution in [2.24, 2.45) is 5.73 Å². The summed E-state index contributed by atoms with van der Waals surface area (Å²) in [7, 11) is 1.68. The van der Waals surface area contributed by atoms with Gasteiger partial charge in [-0.2, -0.15) is 0 Å². The Morgan fingerprint density at radius 3 is 2.42 bits per heavy atom. The molecule has 2 rings (SSSR count). The van der Waals surface area contributed by atoms with Crippen LogP contribution in [0.25, 0.3) is 0 Å². The number of carbonyl (C=O) groups excluding carboxylic acids is 1. The maximum Gasteiger partial charge on any atom is 0.220 e. The first-order valence-electron chi connectivity index (χ1n) is 8.85. The summed E-state index contributed by atoms with van der Waals surface area (Å²) in [4.78, 5) is 11.9. The summed E-state index contributed by atoms with van der Waals surface area (Å²) >= 11 is 0. The van der Waals surface area contributed by atoms with Crippen LogP contribution in [0.2, 0.25) is 0 Å². The molecule has 24 heavy (non-hydrogen) atoms. The average molecular weight is 355 g/mol. The van der Waals surface area contributed by atoms with Crippen molar-refractivity contribution in [3.05, 3.63) is 29.8 Å². The molecule has 0 bridgehead atoms. The van der Waals surface area contributed by atoms with E-state index in [-0.39, 0.29) is 18.3 Å². The second kappa shape index (κ2) is 11.3. The van der Waals surface area contributed by atoms with Crippen molar-refractivity contribution in [2.45, 2.75) is 69.9 Å². The summed E-state index contributed by atoms with van der Waals surface area (Å²) in [5.41, 5.74) is 7.21. The maximum atomic E-state index is 11.9. The van der Waals surface area contributed by atoms with Crippen LogP contribution in [-0.2, 0) is 11.2 Å². The highest BCUT2D eigenvalue weighted by atomic mass is 35.5. The van der Waals surface area contributed by atoms with Crippen molar-refractivity contribution in [3.63, 3.8) is 0 Å². The molecule has 0 heterocycles. The summed E-state index contributed by atoms with van der Waals surface area (Å²) < 4.78 is 5.16. The summed E-state index contributed by atoms with van der Waals surface area (Å²) in [6, 6.07) is 8.90. The Labute approximate surface area is 151 Å². The zero-order valence-corrected chi connectivity index (χ0v) is 15.4. The number of halogens is 1. The quantitative estimate of drug-likeness (QED) is 0.701. The third kappa shape index (κ3) is 7.54. The summed E-state index contributed by atoms with van der Waals surface area (Å²) in [5, 5.41) is 3.15. The van der Waals surface area contributed by atoms with Crippen LogP contribution in [0.4, 0.5) is 0 Å². The van der Waals surface area contributed by atoms with Gasteiger partial charge < -0.3 is 15.8 Å². The minimum atomic E-state index is 0. The molecule has 0 saturated heterocycles. The summed E-state index contributed by atoms with van der Waals surface area (Å²) in [6.07, 6.45) is 9.02. The number of rotatable bonds is 8. The molecule has 1 aromatic carbocycles. The topological polar surface area (TPSA) is 64.3 Å². The molecule has 1 aromatic rings. The number of hydrogen-bond donors (Lipinski definition) is 2. The Morgan fingerprint density at radius 1 is 1.12 bits per heavy atom. The fourth-order valence-electron chi connectivity index (χ4n) is 3.15. The number of amides is 1. The van der Waals surface area contributed by atoms with E-state index >= 15 is 0 Å². The van der Waals surface area contributed by atoms with Crippen LogP contribution in [0.15, 0.2) is 24.3 Å². The number of nitrogens with one attached hydrogen (secondary N) is 1. The van der Waals surface area contributed by atoms with Gasteiger partial charge in [-0.25, -0.2) is 0 Å². The van der Waals surface area contributed by atoms with Crippen molar-refractivity contribution in [2.75, 3.05) is 7.11 Å². The number of ether oxygens (including phenoxy) is 1. The van der Waals surface area contributed by atoms with E-state index in [9.17, 15) is 4.79 Å².